The van der Waals surface area contributed by atoms with E-state index in [0.29, 0.717) is 11.4 Å². The van der Waals surface area contributed by atoms with E-state index < -0.39 is 10.0 Å². The first kappa shape index (κ1) is 20.9. The van der Waals surface area contributed by atoms with E-state index in [1.165, 1.54) is 0 Å². The van der Waals surface area contributed by atoms with Gasteiger partial charge < -0.3 is 10.1 Å². The lowest BCUT2D eigenvalue weighted by molar-refractivity contribution is -0.116. The summed E-state index contributed by atoms with van der Waals surface area (Å²) >= 11 is 0. The number of hydrogen-bond acceptors (Lipinski definition) is 4. The summed E-state index contributed by atoms with van der Waals surface area (Å²) in [6, 6.07) is 13.7. The van der Waals surface area contributed by atoms with Crippen LogP contribution in [0.15, 0.2) is 53.4 Å². The molecule has 0 aliphatic rings. The standard InChI is InChI=1S/C20H26N2O4S/c1-20(2,3)15-8-10-18(11-9-15)27(24,25)21-13-12-19(23)22-16-6-5-7-17(14-16)26-4/h5-11,14,21H,12-13H2,1-4H3,(H,22,23). The van der Waals surface area contributed by atoms with Gasteiger partial charge in [-0.25, -0.2) is 13.1 Å². The third kappa shape index (κ3) is 6.08. The van der Waals surface area contributed by atoms with Crippen molar-refractivity contribution in [1.82, 2.24) is 4.72 Å². The molecule has 0 bridgehead atoms. The Morgan fingerprint density at radius 2 is 1.74 bits per heavy atom. The van der Waals surface area contributed by atoms with Crippen molar-refractivity contribution in [2.45, 2.75) is 37.5 Å². The van der Waals surface area contributed by atoms with Crippen LogP contribution in [-0.4, -0.2) is 28.0 Å². The van der Waals surface area contributed by atoms with Crippen molar-refractivity contribution in [3.8, 4) is 5.75 Å². The van der Waals surface area contributed by atoms with E-state index in [9.17, 15) is 13.2 Å². The summed E-state index contributed by atoms with van der Waals surface area (Å²) in [4.78, 5) is 12.2. The van der Waals surface area contributed by atoms with Crippen molar-refractivity contribution in [2.75, 3.05) is 19.0 Å². The van der Waals surface area contributed by atoms with Crippen LogP contribution in [0.5, 0.6) is 5.75 Å². The van der Waals surface area contributed by atoms with E-state index in [1.54, 1.807) is 43.5 Å². The van der Waals surface area contributed by atoms with Crippen molar-refractivity contribution < 1.29 is 17.9 Å². The number of sulfonamides is 1. The first-order valence-corrected chi connectivity index (χ1v) is 10.1. The summed E-state index contributed by atoms with van der Waals surface area (Å²) in [6.45, 7) is 6.21. The van der Waals surface area contributed by atoms with Gasteiger partial charge >= 0.3 is 0 Å². The lowest BCUT2D eigenvalue weighted by Gasteiger charge is -2.19. The van der Waals surface area contributed by atoms with Crippen LogP contribution in [0.4, 0.5) is 5.69 Å². The SMILES string of the molecule is COc1cccc(NC(=O)CCNS(=O)(=O)c2ccc(C(C)(C)C)cc2)c1. The largest absolute Gasteiger partial charge is 0.497 e. The Kier molecular flexibility index (Phi) is 6.62. The lowest BCUT2D eigenvalue weighted by atomic mass is 9.87. The molecule has 0 atom stereocenters. The van der Waals surface area contributed by atoms with Crippen molar-refractivity contribution in [2.24, 2.45) is 0 Å². The Hall–Kier alpha value is -2.38. The van der Waals surface area contributed by atoms with E-state index in [1.807, 2.05) is 12.1 Å². The normalized spacial score (nSPS) is 11.9. The zero-order chi connectivity index (χ0) is 20.1. The van der Waals surface area contributed by atoms with Gasteiger partial charge in [0.1, 0.15) is 5.75 Å². The topological polar surface area (TPSA) is 84.5 Å². The van der Waals surface area contributed by atoms with E-state index in [0.717, 1.165) is 5.56 Å². The Morgan fingerprint density at radius 3 is 2.33 bits per heavy atom. The maximum Gasteiger partial charge on any atom is 0.240 e. The van der Waals surface area contributed by atoms with Crippen LogP contribution < -0.4 is 14.8 Å². The second kappa shape index (κ2) is 8.54. The van der Waals surface area contributed by atoms with Gasteiger partial charge in [0.05, 0.1) is 12.0 Å². The van der Waals surface area contributed by atoms with Crippen LogP contribution >= 0.6 is 0 Å². The Balaban J connectivity index is 1.90. The number of amides is 1. The number of anilines is 1. The molecule has 2 aromatic carbocycles. The maximum atomic E-state index is 12.4. The first-order chi connectivity index (χ1) is 12.6. The lowest BCUT2D eigenvalue weighted by Crippen LogP contribution is -2.28. The van der Waals surface area contributed by atoms with Crippen LogP contribution in [-0.2, 0) is 20.2 Å². The molecular formula is C20H26N2O4S. The zero-order valence-electron chi connectivity index (χ0n) is 16.1. The minimum atomic E-state index is -3.65. The molecule has 0 spiro atoms. The minimum Gasteiger partial charge on any atom is -0.497 e. The van der Waals surface area contributed by atoms with Gasteiger partial charge in [-0.05, 0) is 35.2 Å². The molecule has 0 unspecified atom stereocenters. The van der Waals surface area contributed by atoms with E-state index in [4.69, 9.17) is 4.74 Å². The van der Waals surface area contributed by atoms with Gasteiger partial charge in [0.25, 0.3) is 0 Å². The monoisotopic (exact) mass is 390 g/mol. The van der Waals surface area contributed by atoms with Gasteiger partial charge in [-0.1, -0.05) is 39.0 Å². The van der Waals surface area contributed by atoms with Gasteiger partial charge in [-0.3, -0.25) is 4.79 Å². The van der Waals surface area contributed by atoms with Gasteiger partial charge in [0.15, 0.2) is 0 Å². The van der Waals surface area contributed by atoms with Crippen LogP contribution in [0.3, 0.4) is 0 Å². The highest BCUT2D eigenvalue weighted by molar-refractivity contribution is 7.89. The fraction of sp³-hybridized carbons (Fsp3) is 0.350. The summed E-state index contributed by atoms with van der Waals surface area (Å²) in [5, 5.41) is 2.71. The smallest absolute Gasteiger partial charge is 0.240 e. The number of carbonyl (C=O) groups excluding carboxylic acids is 1. The third-order valence-corrected chi connectivity index (χ3v) is 5.51. The molecule has 0 aliphatic carbocycles. The summed E-state index contributed by atoms with van der Waals surface area (Å²) in [5.74, 6) is 0.348. The average molecular weight is 391 g/mol. The Bertz CT molecular complexity index is 885. The fourth-order valence-electron chi connectivity index (χ4n) is 2.44. The van der Waals surface area contributed by atoms with Crippen LogP contribution in [0.2, 0.25) is 0 Å². The summed E-state index contributed by atoms with van der Waals surface area (Å²) in [5.41, 5.74) is 1.60. The molecule has 0 aromatic heterocycles. The first-order valence-electron chi connectivity index (χ1n) is 8.66. The van der Waals surface area contributed by atoms with E-state index in [2.05, 4.69) is 30.8 Å². The second-order valence-electron chi connectivity index (χ2n) is 7.20. The molecule has 0 saturated carbocycles. The third-order valence-electron chi connectivity index (χ3n) is 4.03. The second-order valence-corrected chi connectivity index (χ2v) is 8.97. The molecule has 2 aromatic rings. The molecule has 0 aliphatic heterocycles. The zero-order valence-corrected chi connectivity index (χ0v) is 16.9. The minimum absolute atomic E-state index is 0.0131. The number of rotatable bonds is 7. The molecule has 0 fully saturated rings. The van der Waals surface area contributed by atoms with Crippen LogP contribution in [0.25, 0.3) is 0 Å². The molecule has 2 rings (SSSR count). The molecule has 0 saturated heterocycles. The number of methoxy groups -OCH3 is 1. The molecule has 2 N–H and O–H groups in total. The maximum absolute atomic E-state index is 12.4. The number of hydrogen-bond donors (Lipinski definition) is 2. The molecule has 27 heavy (non-hydrogen) atoms. The van der Waals surface area contributed by atoms with E-state index >= 15 is 0 Å². The molecule has 6 nitrogen and oxygen atoms in total. The molecule has 146 valence electrons. The van der Waals surface area contributed by atoms with Crippen LogP contribution in [0.1, 0.15) is 32.8 Å². The fourth-order valence-corrected chi connectivity index (χ4v) is 3.47. The van der Waals surface area contributed by atoms with Gasteiger partial charge in [0, 0.05) is 24.7 Å². The van der Waals surface area contributed by atoms with E-state index in [-0.39, 0.29) is 29.2 Å². The Morgan fingerprint density at radius 1 is 1.07 bits per heavy atom. The molecule has 0 heterocycles. The number of ether oxygens (including phenoxy) is 1. The predicted molar refractivity (Wildman–Crippen MR) is 107 cm³/mol. The van der Waals surface area contributed by atoms with Crippen LogP contribution in [0, 0.1) is 0 Å². The molecule has 0 radical (unpaired) electrons. The summed E-state index contributed by atoms with van der Waals surface area (Å²) in [7, 11) is -2.11. The number of benzene rings is 2. The Labute approximate surface area is 161 Å². The quantitative estimate of drug-likeness (QED) is 0.760. The average Bonchev–Trinajstić information content (AvgIpc) is 2.61. The number of carbonyl (C=O) groups is 1. The van der Waals surface area contributed by atoms with Crippen molar-refractivity contribution in [1.29, 1.82) is 0 Å². The molecule has 1 amide bonds. The molecule has 7 heteroatoms. The van der Waals surface area contributed by atoms with Gasteiger partial charge in [-0.2, -0.15) is 0 Å². The highest BCUT2D eigenvalue weighted by Gasteiger charge is 2.17. The van der Waals surface area contributed by atoms with Gasteiger partial charge in [-0.15, -0.1) is 0 Å². The van der Waals surface area contributed by atoms with Gasteiger partial charge in [0.2, 0.25) is 15.9 Å². The summed E-state index contributed by atoms with van der Waals surface area (Å²) < 4.78 is 32.3. The number of nitrogens with one attached hydrogen (secondary N) is 2. The highest BCUT2D eigenvalue weighted by Crippen LogP contribution is 2.23. The van der Waals surface area contributed by atoms with Crippen molar-refractivity contribution in [3.05, 3.63) is 54.1 Å². The highest BCUT2D eigenvalue weighted by atomic mass is 32.2. The molecular weight excluding hydrogens is 364 g/mol. The summed E-state index contributed by atoms with van der Waals surface area (Å²) in [6.07, 6.45) is 0.0243. The van der Waals surface area contributed by atoms with Crippen molar-refractivity contribution in [3.63, 3.8) is 0 Å². The van der Waals surface area contributed by atoms with Crippen molar-refractivity contribution >= 4 is 21.6 Å². The predicted octanol–water partition coefficient (Wildman–Crippen LogP) is 3.30.